The molecule has 0 saturated heterocycles. The molecule has 0 bridgehead atoms. The van der Waals surface area contributed by atoms with E-state index < -0.39 is 12.0 Å². The average molecular weight is 279 g/mol. The highest BCUT2D eigenvalue weighted by molar-refractivity contribution is 5.74. The number of pyridine rings is 1. The number of nitrogens with two attached hydrogens (primary N) is 1. The van der Waals surface area contributed by atoms with Crippen molar-refractivity contribution in [2.45, 2.75) is 32.3 Å². The van der Waals surface area contributed by atoms with Crippen molar-refractivity contribution in [2.24, 2.45) is 11.7 Å². The van der Waals surface area contributed by atoms with Gasteiger partial charge >= 0.3 is 0 Å². The molecule has 112 valence electrons. The molecular formula is C15H25N3O2. The van der Waals surface area contributed by atoms with Gasteiger partial charge in [-0.3, -0.25) is 9.78 Å². The van der Waals surface area contributed by atoms with Crippen molar-refractivity contribution < 1.29 is 9.90 Å². The Bertz CT molecular complexity index is 397. The lowest BCUT2D eigenvalue weighted by molar-refractivity contribution is -0.120. The van der Waals surface area contributed by atoms with E-state index in [1.807, 2.05) is 25.1 Å². The van der Waals surface area contributed by atoms with E-state index in [1.165, 1.54) is 0 Å². The largest absolute Gasteiger partial charge is 0.392 e. The van der Waals surface area contributed by atoms with Gasteiger partial charge in [0.05, 0.1) is 12.5 Å². The lowest BCUT2D eigenvalue weighted by atomic mass is 9.98. The van der Waals surface area contributed by atoms with Crippen LogP contribution < -0.4 is 5.73 Å². The molecule has 5 heteroatoms. The van der Waals surface area contributed by atoms with Crippen molar-refractivity contribution in [2.75, 3.05) is 20.1 Å². The molecule has 0 aliphatic heterocycles. The normalized spacial score (nSPS) is 14.2. The van der Waals surface area contributed by atoms with E-state index in [1.54, 1.807) is 6.20 Å². The third-order valence-electron chi connectivity index (χ3n) is 3.51. The van der Waals surface area contributed by atoms with E-state index >= 15 is 0 Å². The molecule has 0 fully saturated rings. The highest BCUT2D eigenvalue weighted by atomic mass is 16.3. The minimum Gasteiger partial charge on any atom is -0.392 e. The number of aromatic nitrogens is 1. The number of aliphatic hydroxyl groups is 1. The summed E-state index contributed by atoms with van der Waals surface area (Å²) in [5.41, 5.74) is 6.17. The number of aliphatic hydroxyl groups excluding tert-OH is 1. The Hall–Kier alpha value is -1.46. The van der Waals surface area contributed by atoms with Crippen molar-refractivity contribution in [3.05, 3.63) is 30.1 Å². The van der Waals surface area contributed by atoms with Crippen LogP contribution >= 0.6 is 0 Å². The van der Waals surface area contributed by atoms with Gasteiger partial charge in [0.15, 0.2) is 0 Å². The van der Waals surface area contributed by atoms with Crippen molar-refractivity contribution in [1.82, 2.24) is 9.88 Å². The molecule has 5 nitrogen and oxygen atoms in total. The molecule has 0 aliphatic rings. The van der Waals surface area contributed by atoms with Crippen LogP contribution in [0.5, 0.6) is 0 Å². The summed E-state index contributed by atoms with van der Waals surface area (Å²) in [6.45, 7) is 3.75. The summed E-state index contributed by atoms with van der Waals surface area (Å²) >= 11 is 0. The first-order valence-electron chi connectivity index (χ1n) is 7.04. The Labute approximate surface area is 120 Å². The van der Waals surface area contributed by atoms with Gasteiger partial charge in [-0.25, -0.2) is 0 Å². The fraction of sp³-hybridized carbons (Fsp3) is 0.600. The smallest absolute Gasteiger partial charge is 0.220 e. The quantitative estimate of drug-likeness (QED) is 0.701. The maximum absolute atomic E-state index is 10.8. The average Bonchev–Trinajstić information content (AvgIpc) is 2.42. The van der Waals surface area contributed by atoms with Crippen LogP contribution in [0.4, 0.5) is 0 Å². The van der Waals surface area contributed by atoms with Gasteiger partial charge < -0.3 is 15.7 Å². The van der Waals surface area contributed by atoms with Gasteiger partial charge in [-0.05, 0) is 38.1 Å². The topological polar surface area (TPSA) is 79.4 Å². The van der Waals surface area contributed by atoms with Crippen LogP contribution in [0, 0.1) is 5.92 Å². The molecule has 0 aliphatic carbocycles. The van der Waals surface area contributed by atoms with Gasteiger partial charge in [0, 0.05) is 24.9 Å². The van der Waals surface area contributed by atoms with Crippen LogP contribution in [0.1, 0.15) is 25.5 Å². The van der Waals surface area contributed by atoms with Gasteiger partial charge in [0.1, 0.15) is 0 Å². The number of carbonyl (C=O) groups excluding carboxylic acids is 1. The Morgan fingerprint density at radius 1 is 1.45 bits per heavy atom. The van der Waals surface area contributed by atoms with Crippen molar-refractivity contribution in [3.63, 3.8) is 0 Å². The van der Waals surface area contributed by atoms with Crippen molar-refractivity contribution in [3.8, 4) is 0 Å². The van der Waals surface area contributed by atoms with Crippen LogP contribution in [0.25, 0.3) is 0 Å². The Morgan fingerprint density at radius 3 is 2.80 bits per heavy atom. The zero-order chi connectivity index (χ0) is 15.0. The van der Waals surface area contributed by atoms with E-state index in [0.29, 0.717) is 0 Å². The van der Waals surface area contributed by atoms with E-state index in [0.717, 1.165) is 31.6 Å². The number of hydrogen-bond donors (Lipinski definition) is 2. The predicted molar refractivity (Wildman–Crippen MR) is 79.0 cm³/mol. The SMILES string of the molecule is C[C@H](CCN(C)CCc1ccccn1)[C@@H](O)CC(N)=O. The fourth-order valence-corrected chi connectivity index (χ4v) is 1.99. The number of carbonyl (C=O) groups is 1. The van der Waals surface area contributed by atoms with Gasteiger partial charge in [-0.1, -0.05) is 13.0 Å². The molecule has 0 saturated carbocycles. The molecule has 20 heavy (non-hydrogen) atoms. The zero-order valence-electron chi connectivity index (χ0n) is 12.3. The summed E-state index contributed by atoms with van der Waals surface area (Å²) < 4.78 is 0. The summed E-state index contributed by atoms with van der Waals surface area (Å²) in [7, 11) is 2.05. The number of likely N-dealkylation sites (N-methyl/N-ethyl adjacent to an activating group) is 1. The molecule has 1 amide bonds. The van der Waals surface area contributed by atoms with Gasteiger partial charge in [0.2, 0.25) is 5.91 Å². The monoisotopic (exact) mass is 279 g/mol. The fourth-order valence-electron chi connectivity index (χ4n) is 1.99. The molecule has 1 rings (SSSR count). The summed E-state index contributed by atoms with van der Waals surface area (Å²) in [6, 6.07) is 5.92. The van der Waals surface area contributed by atoms with Crippen LogP contribution in [-0.2, 0) is 11.2 Å². The number of hydrogen-bond acceptors (Lipinski definition) is 4. The molecule has 0 aromatic carbocycles. The van der Waals surface area contributed by atoms with E-state index in [4.69, 9.17) is 5.73 Å². The second-order valence-corrected chi connectivity index (χ2v) is 5.38. The molecular weight excluding hydrogens is 254 g/mol. The van der Waals surface area contributed by atoms with E-state index in [-0.39, 0.29) is 12.3 Å². The molecule has 1 aromatic heterocycles. The summed E-state index contributed by atoms with van der Waals surface area (Å²) in [6.07, 6.45) is 2.95. The molecule has 0 spiro atoms. The maximum atomic E-state index is 10.8. The minimum atomic E-state index is -0.642. The molecule has 1 heterocycles. The first kappa shape index (κ1) is 16.6. The lowest BCUT2D eigenvalue weighted by Gasteiger charge is -2.22. The Balaban J connectivity index is 2.22. The predicted octanol–water partition coefficient (Wildman–Crippen LogP) is 0.818. The highest BCUT2D eigenvalue weighted by Gasteiger charge is 2.16. The molecule has 2 atom stereocenters. The number of amides is 1. The van der Waals surface area contributed by atoms with Crippen LogP contribution in [0.15, 0.2) is 24.4 Å². The lowest BCUT2D eigenvalue weighted by Crippen LogP contribution is -2.29. The Morgan fingerprint density at radius 2 is 2.20 bits per heavy atom. The van der Waals surface area contributed by atoms with Gasteiger partial charge in [-0.15, -0.1) is 0 Å². The maximum Gasteiger partial charge on any atom is 0.220 e. The first-order valence-corrected chi connectivity index (χ1v) is 7.04. The number of nitrogens with zero attached hydrogens (tertiary/aromatic N) is 2. The van der Waals surface area contributed by atoms with Crippen LogP contribution in [0.3, 0.4) is 0 Å². The highest BCUT2D eigenvalue weighted by Crippen LogP contribution is 2.11. The summed E-state index contributed by atoms with van der Waals surface area (Å²) in [4.78, 5) is 17.3. The minimum absolute atomic E-state index is 0.0405. The molecule has 3 N–H and O–H groups in total. The van der Waals surface area contributed by atoms with Crippen molar-refractivity contribution in [1.29, 1.82) is 0 Å². The molecule has 0 unspecified atom stereocenters. The van der Waals surface area contributed by atoms with Gasteiger partial charge in [-0.2, -0.15) is 0 Å². The second kappa shape index (κ2) is 8.66. The number of primary amides is 1. The van der Waals surface area contributed by atoms with E-state index in [2.05, 4.69) is 16.9 Å². The van der Waals surface area contributed by atoms with Gasteiger partial charge in [0.25, 0.3) is 0 Å². The van der Waals surface area contributed by atoms with Crippen LogP contribution in [0.2, 0.25) is 0 Å². The third kappa shape index (κ3) is 6.63. The third-order valence-corrected chi connectivity index (χ3v) is 3.51. The van der Waals surface area contributed by atoms with Crippen molar-refractivity contribution >= 4 is 5.91 Å². The van der Waals surface area contributed by atoms with E-state index in [9.17, 15) is 9.90 Å². The second-order valence-electron chi connectivity index (χ2n) is 5.38. The zero-order valence-corrected chi connectivity index (χ0v) is 12.3. The number of rotatable bonds is 9. The van der Waals surface area contributed by atoms with Crippen LogP contribution in [-0.4, -0.2) is 47.1 Å². The standard InChI is InChI=1S/C15H25N3O2/c1-12(14(19)11-15(16)20)6-9-18(2)10-7-13-5-3-4-8-17-13/h3-5,8,12,14,19H,6-7,9-11H2,1-2H3,(H2,16,20)/t12-,14+/m1/s1. The molecule has 0 radical (unpaired) electrons. The first-order chi connectivity index (χ1) is 9.49. The summed E-state index contributed by atoms with van der Waals surface area (Å²) in [5.74, 6) is -0.382. The Kier molecular flexibility index (Phi) is 7.18. The summed E-state index contributed by atoms with van der Waals surface area (Å²) in [5, 5.41) is 9.78. The molecule has 1 aromatic rings.